The van der Waals surface area contributed by atoms with E-state index in [1.807, 2.05) is 0 Å². The van der Waals surface area contributed by atoms with Gasteiger partial charge in [-0.3, -0.25) is 0 Å². The van der Waals surface area contributed by atoms with Gasteiger partial charge in [0.2, 0.25) is 0 Å². The first-order valence-corrected chi connectivity index (χ1v) is 12.4. The Bertz CT molecular complexity index is 972. The third-order valence-electron chi connectivity index (χ3n) is 5.61. The molecule has 0 saturated heterocycles. The molecule has 0 spiro atoms. The molecule has 3 rings (SSSR count). The summed E-state index contributed by atoms with van der Waals surface area (Å²) < 4.78 is 15.2. The first kappa shape index (κ1) is 23.6. The number of hydrogen-bond acceptors (Lipinski definition) is 3. The third kappa shape index (κ3) is 7.22. The maximum Gasteiger partial charge on any atom is 0.694 e. The SMILES string of the molecule is CCCCCCc1ccc(-c2ccc(CNCCCO[P+](=O)O)c3ccccc23)cc1. The molecule has 0 aliphatic rings. The van der Waals surface area contributed by atoms with Crippen LogP contribution in [0.3, 0.4) is 0 Å². The van der Waals surface area contributed by atoms with Crippen molar-refractivity contribution in [1.29, 1.82) is 0 Å². The standard InChI is InChI=1S/C26H32NO3P/c1-2-3-4-5-9-21-12-14-22(15-13-21)25-17-16-23(24-10-6-7-11-26(24)25)20-27-18-8-19-30-31(28)29/h6-7,10-17,27H,2-5,8-9,18-20H2,1H3/p+1. The van der Waals surface area contributed by atoms with Crippen LogP contribution in [0.25, 0.3) is 21.9 Å². The molecule has 5 heteroatoms. The normalized spacial score (nSPS) is 11.7. The number of rotatable bonds is 13. The van der Waals surface area contributed by atoms with Crippen LogP contribution in [0, 0.1) is 0 Å². The Kier molecular flexibility index (Phi) is 9.64. The Morgan fingerprint density at radius 1 is 0.903 bits per heavy atom. The lowest BCUT2D eigenvalue weighted by molar-refractivity contribution is 0.276. The molecule has 0 amide bonds. The largest absolute Gasteiger partial charge is 0.694 e. The summed E-state index contributed by atoms with van der Waals surface area (Å²) in [4.78, 5) is 8.66. The van der Waals surface area contributed by atoms with Gasteiger partial charge >= 0.3 is 8.25 Å². The van der Waals surface area contributed by atoms with Gasteiger partial charge in [-0.15, -0.1) is 9.42 Å². The van der Waals surface area contributed by atoms with Crippen LogP contribution in [0.1, 0.15) is 50.2 Å². The summed E-state index contributed by atoms with van der Waals surface area (Å²) in [6.45, 7) is 4.02. The first-order chi connectivity index (χ1) is 15.2. The molecule has 0 saturated carbocycles. The summed E-state index contributed by atoms with van der Waals surface area (Å²) in [6, 6.07) is 22.0. The van der Waals surface area contributed by atoms with Crippen molar-refractivity contribution in [3.63, 3.8) is 0 Å². The highest BCUT2D eigenvalue weighted by Crippen LogP contribution is 2.31. The summed E-state index contributed by atoms with van der Waals surface area (Å²) in [7, 11) is -2.50. The van der Waals surface area contributed by atoms with E-state index in [0.717, 1.165) is 19.5 Å². The van der Waals surface area contributed by atoms with E-state index in [1.165, 1.54) is 58.7 Å². The second-order valence-corrected chi connectivity index (χ2v) is 8.66. The lowest BCUT2D eigenvalue weighted by Gasteiger charge is -2.13. The molecule has 0 radical (unpaired) electrons. The van der Waals surface area contributed by atoms with Gasteiger partial charge in [-0.05, 0) is 58.8 Å². The van der Waals surface area contributed by atoms with Gasteiger partial charge in [-0.1, -0.05) is 86.8 Å². The monoisotopic (exact) mass is 438 g/mol. The minimum absolute atomic E-state index is 0.285. The Balaban J connectivity index is 1.67. The first-order valence-electron chi connectivity index (χ1n) is 11.3. The molecule has 0 aliphatic heterocycles. The highest BCUT2D eigenvalue weighted by molar-refractivity contribution is 7.32. The summed E-state index contributed by atoms with van der Waals surface area (Å²) in [5, 5.41) is 5.92. The average Bonchev–Trinajstić information content (AvgIpc) is 2.79. The van der Waals surface area contributed by atoms with Crippen LogP contribution in [-0.4, -0.2) is 18.0 Å². The van der Waals surface area contributed by atoms with Crippen LogP contribution in [0.2, 0.25) is 0 Å². The molecule has 0 bridgehead atoms. The zero-order chi connectivity index (χ0) is 21.9. The van der Waals surface area contributed by atoms with E-state index in [0.29, 0.717) is 6.42 Å². The molecule has 3 aromatic carbocycles. The van der Waals surface area contributed by atoms with Gasteiger partial charge in [-0.25, -0.2) is 0 Å². The molecule has 2 N–H and O–H groups in total. The zero-order valence-electron chi connectivity index (χ0n) is 18.3. The predicted octanol–water partition coefficient (Wildman–Crippen LogP) is 6.78. The van der Waals surface area contributed by atoms with Gasteiger partial charge in [0.25, 0.3) is 0 Å². The van der Waals surface area contributed by atoms with E-state index in [2.05, 4.69) is 72.9 Å². The second kappa shape index (κ2) is 12.7. The van der Waals surface area contributed by atoms with Crippen LogP contribution in [0.5, 0.6) is 0 Å². The number of aryl methyl sites for hydroxylation is 1. The second-order valence-electron chi connectivity index (χ2n) is 7.93. The molecule has 4 nitrogen and oxygen atoms in total. The lowest BCUT2D eigenvalue weighted by atomic mass is 9.94. The molecule has 0 aromatic heterocycles. The van der Waals surface area contributed by atoms with E-state index < -0.39 is 8.25 Å². The van der Waals surface area contributed by atoms with Crippen LogP contribution in [0.15, 0.2) is 60.7 Å². The van der Waals surface area contributed by atoms with Gasteiger partial charge in [-0.2, -0.15) is 0 Å². The number of benzene rings is 3. The van der Waals surface area contributed by atoms with Gasteiger partial charge in [0.1, 0.15) is 6.61 Å². The van der Waals surface area contributed by atoms with Crippen LogP contribution in [-0.2, 0) is 22.1 Å². The van der Waals surface area contributed by atoms with Crippen LogP contribution >= 0.6 is 8.25 Å². The fourth-order valence-corrected chi connectivity index (χ4v) is 4.22. The molecule has 0 fully saturated rings. The van der Waals surface area contributed by atoms with Crippen molar-refractivity contribution in [2.45, 2.75) is 52.0 Å². The molecule has 31 heavy (non-hydrogen) atoms. The molecule has 164 valence electrons. The molecular formula is C26H33NO3P+. The molecule has 3 aromatic rings. The molecule has 0 heterocycles. The topological polar surface area (TPSA) is 58.6 Å². The quantitative estimate of drug-likeness (QED) is 0.228. The summed E-state index contributed by atoms with van der Waals surface area (Å²) in [5.74, 6) is 0. The van der Waals surface area contributed by atoms with Gasteiger partial charge in [0.05, 0.1) is 0 Å². The van der Waals surface area contributed by atoms with E-state index in [4.69, 9.17) is 9.42 Å². The average molecular weight is 439 g/mol. The maximum atomic E-state index is 10.5. The van der Waals surface area contributed by atoms with E-state index >= 15 is 0 Å². The van der Waals surface area contributed by atoms with Crippen molar-refractivity contribution in [3.8, 4) is 11.1 Å². The van der Waals surface area contributed by atoms with Crippen molar-refractivity contribution >= 4 is 19.0 Å². The Morgan fingerprint density at radius 2 is 1.68 bits per heavy atom. The summed E-state index contributed by atoms with van der Waals surface area (Å²) in [6.07, 6.45) is 7.03. The molecule has 1 atom stereocenters. The number of hydrogen-bond donors (Lipinski definition) is 2. The van der Waals surface area contributed by atoms with E-state index in [9.17, 15) is 4.57 Å². The number of unbranched alkanes of at least 4 members (excludes halogenated alkanes) is 3. The van der Waals surface area contributed by atoms with Crippen molar-refractivity contribution in [2.75, 3.05) is 13.2 Å². The Morgan fingerprint density at radius 3 is 2.42 bits per heavy atom. The van der Waals surface area contributed by atoms with Crippen molar-refractivity contribution < 1.29 is 14.0 Å². The highest BCUT2D eigenvalue weighted by atomic mass is 31.1. The van der Waals surface area contributed by atoms with Gasteiger partial charge < -0.3 is 5.32 Å². The smallest absolute Gasteiger partial charge is 0.313 e. The fourth-order valence-electron chi connectivity index (χ4n) is 3.94. The lowest BCUT2D eigenvalue weighted by Crippen LogP contribution is -2.16. The minimum atomic E-state index is -2.50. The predicted molar refractivity (Wildman–Crippen MR) is 129 cm³/mol. The Hall–Kier alpha value is -2.10. The zero-order valence-corrected chi connectivity index (χ0v) is 19.2. The third-order valence-corrected chi connectivity index (χ3v) is 6.02. The molecule has 0 aliphatic carbocycles. The summed E-state index contributed by atoms with van der Waals surface area (Å²) >= 11 is 0. The van der Waals surface area contributed by atoms with Crippen molar-refractivity contribution in [3.05, 3.63) is 71.8 Å². The van der Waals surface area contributed by atoms with Gasteiger partial charge in [0, 0.05) is 11.1 Å². The van der Waals surface area contributed by atoms with Gasteiger partial charge in [0.15, 0.2) is 0 Å². The molecule has 1 unspecified atom stereocenters. The molecular weight excluding hydrogens is 405 g/mol. The Labute approximate surface area is 186 Å². The summed E-state index contributed by atoms with van der Waals surface area (Å²) in [5.41, 5.74) is 5.18. The van der Waals surface area contributed by atoms with Crippen LogP contribution in [0.4, 0.5) is 0 Å². The van der Waals surface area contributed by atoms with Crippen LogP contribution < -0.4 is 5.32 Å². The fraction of sp³-hybridized carbons (Fsp3) is 0.385. The number of fused-ring (bicyclic) bond motifs is 1. The van der Waals surface area contributed by atoms with Crippen molar-refractivity contribution in [1.82, 2.24) is 5.32 Å². The number of nitrogens with one attached hydrogen (secondary N) is 1. The minimum Gasteiger partial charge on any atom is -0.313 e. The van der Waals surface area contributed by atoms with Crippen molar-refractivity contribution in [2.24, 2.45) is 0 Å². The highest BCUT2D eigenvalue weighted by Gasteiger charge is 2.11. The maximum absolute atomic E-state index is 10.5. The van der Waals surface area contributed by atoms with E-state index in [-0.39, 0.29) is 6.61 Å². The van der Waals surface area contributed by atoms with E-state index in [1.54, 1.807) is 0 Å².